The van der Waals surface area contributed by atoms with Crippen molar-refractivity contribution >= 4 is 27.6 Å². The Kier molecular flexibility index (Phi) is 5.29. The summed E-state index contributed by atoms with van der Waals surface area (Å²) in [4.78, 5) is 8.97. The molecule has 110 valence electrons. The van der Waals surface area contributed by atoms with E-state index in [-0.39, 0.29) is 0 Å². The van der Waals surface area contributed by atoms with Crippen molar-refractivity contribution in [3.8, 4) is 0 Å². The summed E-state index contributed by atoms with van der Waals surface area (Å²) >= 11 is 3.63. The van der Waals surface area contributed by atoms with E-state index in [1.54, 1.807) is 0 Å². The first-order chi connectivity index (χ1) is 9.61. The molecule has 1 N–H and O–H groups in total. The molecule has 1 unspecified atom stereocenters. The van der Waals surface area contributed by atoms with Gasteiger partial charge in [0.15, 0.2) is 5.96 Å². The van der Waals surface area contributed by atoms with Gasteiger partial charge in [-0.25, -0.2) is 0 Å². The summed E-state index contributed by atoms with van der Waals surface area (Å²) in [6.45, 7) is 4.96. The fourth-order valence-electron chi connectivity index (χ4n) is 2.45. The highest BCUT2D eigenvalue weighted by Crippen LogP contribution is 2.28. The van der Waals surface area contributed by atoms with Gasteiger partial charge in [0, 0.05) is 44.2 Å². The summed E-state index contributed by atoms with van der Waals surface area (Å²) in [6, 6.07) is 8.86. The van der Waals surface area contributed by atoms with Gasteiger partial charge in [-0.05, 0) is 41.4 Å². The number of halogens is 1. The van der Waals surface area contributed by atoms with E-state index in [2.05, 4.69) is 62.3 Å². The van der Waals surface area contributed by atoms with Crippen molar-refractivity contribution in [2.75, 3.05) is 38.6 Å². The molecule has 1 aromatic carbocycles. The van der Waals surface area contributed by atoms with E-state index in [0.717, 1.165) is 36.5 Å². The first-order valence-electron chi connectivity index (χ1n) is 7.09. The van der Waals surface area contributed by atoms with Crippen LogP contribution in [0.25, 0.3) is 0 Å². The molecule has 1 heterocycles. The number of nitrogens with zero attached hydrogens (tertiary/aromatic N) is 3. The van der Waals surface area contributed by atoms with Crippen LogP contribution in [0.15, 0.2) is 33.7 Å². The third-order valence-electron chi connectivity index (χ3n) is 3.45. The highest BCUT2D eigenvalue weighted by Gasteiger charge is 2.24. The molecule has 1 aliphatic rings. The highest BCUT2D eigenvalue weighted by molar-refractivity contribution is 9.10. The van der Waals surface area contributed by atoms with Gasteiger partial charge in [-0.1, -0.05) is 12.1 Å². The maximum absolute atomic E-state index is 4.51. The molecule has 0 aliphatic carbocycles. The van der Waals surface area contributed by atoms with Crippen molar-refractivity contribution in [3.05, 3.63) is 28.7 Å². The molecule has 0 saturated carbocycles. The van der Waals surface area contributed by atoms with Crippen LogP contribution in [0.3, 0.4) is 0 Å². The van der Waals surface area contributed by atoms with Crippen LogP contribution in [0, 0.1) is 0 Å². The Bertz CT molecular complexity index is 473. The third kappa shape index (κ3) is 3.66. The Labute approximate surface area is 130 Å². The molecule has 20 heavy (non-hydrogen) atoms. The number of guanidine groups is 1. The molecule has 1 aliphatic heterocycles. The van der Waals surface area contributed by atoms with E-state index in [0.29, 0.717) is 6.04 Å². The molecule has 0 spiro atoms. The quantitative estimate of drug-likeness (QED) is 0.678. The summed E-state index contributed by atoms with van der Waals surface area (Å²) in [7, 11) is 4.06. The van der Waals surface area contributed by atoms with Crippen LogP contribution < -0.4 is 10.2 Å². The zero-order chi connectivity index (χ0) is 14.5. The molecule has 2 rings (SSSR count). The Balaban J connectivity index is 1.99. The van der Waals surface area contributed by atoms with Crippen molar-refractivity contribution in [1.82, 2.24) is 10.2 Å². The number of hydrogen-bond donors (Lipinski definition) is 1. The van der Waals surface area contributed by atoms with Crippen LogP contribution in [0.4, 0.5) is 5.69 Å². The molecule has 1 atom stereocenters. The summed E-state index contributed by atoms with van der Waals surface area (Å²) in [5.74, 6) is 0.978. The molecule has 0 amide bonds. The highest BCUT2D eigenvalue weighted by atomic mass is 79.9. The van der Waals surface area contributed by atoms with Gasteiger partial charge in [-0.2, -0.15) is 0 Å². The van der Waals surface area contributed by atoms with Crippen LogP contribution in [0.5, 0.6) is 0 Å². The number of nitrogens with one attached hydrogen (secondary N) is 1. The predicted molar refractivity (Wildman–Crippen MR) is 89.6 cm³/mol. The number of aliphatic imine (C=N–C) groups is 1. The largest absolute Gasteiger partial charge is 0.368 e. The second kappa shape index (κ2) is 6.97. The minimum absolute atomic E-state index is 0.454. The molecular formula is C15H23BrN4. The van der Waals surface area contributed by atoms with Crippen LogP contribution in [-0.4, -0.2) is 50.6 Å². The van der Waals surface area contributed by atoms with Crippen molar-refractivity contribution in [1.29, 1.82) is 0 Å². The van der Waals surface area contributed by atoms with Crippen molar-refractivity contribution in [2.45, 2.75) is 19.4 Å². The van der Waals surface area contributed by atoms with Crippen molar-refractivity contribution < 1.29 is 0 Å². The van der Waals surface area contributed by atoms with Crippen LogP contribution in [0.2, 0.25) is 0 Å². The summed E-state index contributed by atoms with van der Waals surface area (Å²) in [6.07, 6.45) is 1.14. The van der Waals surface area contributed by atoms with E-state index in [1.807, 2.05) is 19.0 Å². The summed E-state index contributed by atoms with van der Waals surface area (Å²) in [5, 5.41) is 3.55. The first-order valence-corrected chi connectivity index (χ1v) is 7.89. The van der Waals surface area contributed by atoms with Gasteiger partial charge in [-0.15, -0.1) is 0 Å². The lowest BCUT2D eigenvalue weighted by atomic mass is 10.2. The molecule has 0 aromatic heterocycles. The molecule has 1 saturated heterocycles. The smallest absolute Gasteiger partial charge is 0.193 e. The number of hydrogen-bond acceptors (Lipinski definition) is 2. The Morgan fingerprint density at radius 3 is 2.85 bits per heavy atom. The van der Waals surface area contributed by atoms with Gasteiger partial charge in [0.2, 0.25) is 0 Å². The van der Waals surface area contributed by atoms with E-state index in [1.165, 1.54) is 5.69 Å². The van der Waals surface area contributed by atoms with Gasteiger partial charge in [0.05, 0.1) is 5.69 Å². The average Bonchev–Trinajstić information content (AvgIpc) is 2.87. The minimum Gasteiger partial charge on any atom is -0.368 e. The van der Waals surface area contributed by atoms with Gasteiger partial charge >= 0.3 is 0 Å². The molecular weight excluding hydrogens is 316 g/mol. The molecule has 5 heteroatoms. The average molecular weight is 339 g/mol. The van der Waals surface area contributed by atoms with Gasteiger partial charge < -0.3 is 15.1 Å². The maximum Gasteiger partial charge on any atom is 0.193 e. The molecule has 0 bridgehead atoms. The number of anilines is 1. The second-order valence-corrected chi connectivity index (χ2v) is 6.07. The molecule has 4 nitrogen and oxygen atoms in total. The van der Waals surface area contributed by atoms with Gasteiger partial charge in [0.25, 0.3) is 0 Å². The van der Waals surface area contributed by atoms with E-state index < -0.39 is 0 Å². The molecule has 1 aromatic rings. The maximum atomic E-state index is 4.51. The van der Waals surface area contributed by atoms with Gasteiger partial charge in [0.1, 0.15) is 0 Å². The molecule has 1 fully saturated rings. The predicted octanol–water partition coefficient (Wildman–Crippen LogP) is 2.55. The fourth-order valence-corrected chi connectivity index (χ4v) is 2.99. The van der Waals surface area contributed by atoms with Crippen LogP contribution >= 0.6 is 15.9 Å². The number of para-hydroxylation sites is 1. The Morgan fingerprint density at radius 1 is 1.45 bits per heavy atom. The zero-order valence-corrected chi connectivity index (χ0v) is 14.0. The second-order valence-electron chi connectivity index (χ2n) is 5.22. The zero-order valence-electron chi connectivity index (χ0n) is 12.4. The standard InChI is InChI=1S/C15H23BrN4/c1-4-17-15(19(2)3)18-12-9-10-20(11-12)14-8-6-5-7-13(14)16/h5-8,12H,4,9-11H2,1-3H3,(H,17,18). The van der Waals surface area contributed by atoms with E-state index >= 15 is 0 Å². The number of rotatable bonds is 3. The Morgan fingerprint density at radius 2 is 2.20 bits per heavy atom. The van der Waals surface area contributed by atoms with Crippen molar-refractivity contribution in [3.63, 3.8) is 0 Å². The lowest BCUT2D eigenvalue weighted by Crippen LogP contribution is -2.44. The number of benzene rings is 1. The van der Waals surface area contributed by atoms with Crippen molar-refractivity contribution in [2.24, 2.45) is 4.99 Å². The topological polar surface area (TPSA) is 30.9 Å². The summed E-state index contributed by atoms with van der Waals surface area (Å²) in [5.41, 5.74) is 1.27. The van der Waals surface area contributed by atoms with Crippen LogP contribution in [0.1, 0.15) is 13.3 Å². The van der Waals surface area contributed by atoms with Gasteiger partial charge in [-0.3, -0.25) is 4.99 Å². The first kappa shape index (κ1) is 15.2. The normalized spacial score (nSPS) is 19.3. The SMILES string of the molecule is CCN=C(NC1CCN(c2ccccc2Br)C1)N(C)C. The third-order valence-corrected chi connectivity index (χ3v) is 4.12. The van der Waals surface area contributed by atoms with E-state index in [9.17, 15) is 0 Å². The van der Waals surface area contributed by atoms with Crippen LogP contribution in [-0.2, 0) is 0 Å². The summed E-state index contributed by atoms with van der Waals surface area (Å²) < 4.78 is 1.16. The minimum atomic E-state index is 0.454. The Hall–Kier alpha value is -1.23. The molecule has 0 radical (unpaired) electrons. The van der Waals surface area contributed by atoms with E-state index in [4.69, 9.17) is 0 Å². The lowest BCUT2D eigenvalue weighted by Gasteiger charge is -2.23. The lowest BCUT2D eigenvalue weighted by molar-refractivity contribution is 0.546. The monoisotopic (exact) mass is 338 g/mol. The fraction of sp³-hybridized carbons (Fsp3) is 0.533.